The topological polar surface area (TPSA) is 57.3 Å². The second-order valence-electron chi connectivity index (χ2n) is 6.05. The van der Waals surface area contributed by atoms with Gasteiger partial charge in [-0.15, -0.1) is 11.3 Å². The molecular weight excluding hydrogens is 322 g/mol. The molecular formula is C17H23N5OS. The lowest BCUT2D eigenvalue weighted by atomic mass is 10.1. The predicted octanol–water partition coefficient (Wildman–Crippen LogP) is 1.82. The van der Waals surface area contributed by atoms with Crippen LogP contribution in [0.5, 0.6) is 0 Å². The average Bonchev–Trinajstić information content (AvgIpc) is 3.30. The van der Waals surface area contributed by atoms with Gasteiger partial charge in [0.15, 0.2) is 0 Å². The highest BCUT2D eigenvalue weighted by atomic mass is 32.1. The van der Waals surface area contributed by atoms with Crippen LogP contribution in [0, 0.1) is 11.3 Å². The maximum Gasteiger partial charge on any atom is 0.102 e. The van der Waals surface area contributed by atoms with Crippen molar-refractivity contribution in [1.82, 2.24) is 19.6 Å². The fourth-order valence-corrected chi connectivity index (χ4v) is 3.81. The van der Waals surface area contributed by atoms with Crippen LogP contribution >= 0.6 is 11.3 Å². The van der Waals surface area contributed by atoms with Crippen molar-refractivity contribution in [2.75, 3.05) is 46.4 Å². The number of ether oxygens (including phenoxy) is 1. The van der Waals surface area contributed by atoms with Crippen LogP contribution < -0.4 is 0 Å². The molecule has 1 aliphatic rings. The lowest BCUT2D eigenvalue weighted by Crippen LogP contribution is -2.43. The molecule has 1 aliphatic heterocycles. The van der Waals surface area contributed by atoms with Crippen LogP contribution in [0.25, 0.3) is 0 Å². The van der Waals surface area contributed by atoms with E-state index in [0.29, 0.717) is 11.6 Å². The molecule has 0 aromatic carbocycles. The van der Waals surface area contributed by atoms with E-state index in [4.69, 9.17) is 10.00 Å². The highest BCUT2D eigenvalue weighted by molar-refractivity contribution is 7.10. The minimum atomic E-state index is 0.409. The highest BCUT2D eigenvalue weighted by Gasteiger charge is 2.24. The minimum absolute atomic E-state index is 0.409. The van der Waals surface area contributed by atoms with Gasteiger partial charge in [0.25, 0.3) is 0 Å². The fourth-order valence-electron chi connectivity index (χ4n) is 2.96. The Morgan fingerprint density at radius 1 is 1.46 bits per heavy atom. The van der Waals surface area contributed by atoms with Gasteiger partial charge in [-0.3, -0.25) is 9.58 Å². The summed E-state index contributed by atoms with van der Waals surface area (Å²) in [4.78, 5) is 6.27. The third-order valence-electron chi connectivity index (χ3n) is 4.32. The summed E-state index contributed by atoms with van der Waals surface area (Å²) in [6, 6.07) is 6.88. The van der Waals surface area contributed by atoms with E-state index in [1.807, 2.05) is 16.0 Å². The summed E-state index contributed by atoms with van der Waals surface area (Å²) >= 11 is 1.82. The Morgan fingerprint density at radius 2 is 2.29 bits per heavy atom. The summed E-state index contributed by atoms with van der Waals surface area (Å²) in [5, 5.41) is 15.2. The molecule has 1 atom stereocenters. The van der Waals surface area contributed by atoms with Crippen molar-refractivity contribution in [3.8, 4) is 6.07 Å². The van der Waals surface area contributed by atoms with Crippen LogP contribution in [0.3, 0.4) is 0 Å². The van der Waals surface area contributed by atoms with Gasteiger partial charge in [-0.2, -0.15) is 10.4 Å². The first-order valence-corrected chi connectivity index (χ1v) is 9.10. The molecule has 0 amide bonds. The first-order valence-electron chi connectivity index (χ1n) is 8.22. The number of hydrogen-bond acceptors (Lipinski definition) is 6. The number of rotatable bonds is 7. The monoisotopic (exact) mass is 345 g/mol. The molecule has 3 rings (SSSR count). The molecule has 1 saturated heterocycles. The molecule has 3 heterocycles. The smallest absolute Gasteiger partial charge is 0.102 e. The molecule has 0 N–H and O–H groups in total. The first kappa shape index (κ1) is 17.1. The predicted molar refractivity (Wildman–Crippen MR) is 93.9 cm³/mol. The van der Waals surface area contributed by atoms with E-state index in [0.717, 1.165) is 45.9 Å². The summed E-state index contributed by atoms with van der Waals surface area (Å²) in [5.41, 5.74) is 0.613. The van der Waals surface area contributed by atoms with Gasteiger partial charge in [-0.25, -0.2) is 0 Å². The van der Waals surface area contributed by atoms with E-state index in [2.05, 4.69) is 45.5 Å². The van der Waals surface area contributed by atoms with Gasteiger partial charge in [0, 0.05) is 37.3 Å². The molecule has 6 nitrogen and oxygen atoms in total. The van der Waals surface area contributed by atoms with Gasteiger partial charge in [-0.05, 0) is 18.5 Å². The first-order chi connectivity index (χ1) is 11.8. The lowest BCUT2D eigenvalue weighted by Gasteiger charge is -2.36. The standard InChI is InChI=1S/C17H23N5OS/c1-20(4-5-22-13-15(11-18)12-19-22)14-16(17-3-2-10-24-17)21-6-8-23-9-7-21/h2-3,10,12-13,16H,4-9,14H2,1H3. The maximum atomic E-state index is 8.87. The maximum absolute atomic E-state index is 8.87. The number of thiophene rings is 1. The van der Waals surface area contributed by atoms with Crippen LogP contribution in [-0.4, -0.2) is 66.0 Å². The second kappa shape index (κ2) is 8.40. The molecule has 2 aromatic heterocycles. The lowest BCUT2D eigenvalue weighted by molar-refractivity contribution is 0.00991. The average molecular weight is 345 g/mol. The molecule has 24 heavy (non-hydrogen) atoms. The fraction of sp³-hybridized carbons (Fsp3) is 0.529. The van der Waals surface area contributed by atoms with E-state index in [1.165, 1.54) is 4.88 Å². The third-order valence-corrected chi connectivity index (χ3v) is 5.29. The van der Waals surface area contributed by atoms with Gasteiger partial charge in [0.05, 0.1) is 37.6 Å². The molecule has 1 unspecified atom stereocenters. The second-order valence-corrected chi connectivity index (χ2v) is 7.02. The Labute approximate surface area is 146 Å². The highest BCUT2D eigenvalue weighted by Crippen LogP contribution is 2.26. The van der Waals surface area contributed by atoms with Gasteiger partial charge in [0.2, 0.25) is 0 Å². The zero-order chi connectivity index (χ0) is 16.8. The van der Waals surface area contributed by atoms with Crippen molar-refractivity contribution < 1.29 is 4.74 Å². The van der Waals surface area contributed by atoms with Crippen molar-refractivity contribution in [3.05, 3.63) is 40.3 Å². The van der Waals surface area contributed by atoms with Crippen LogP contribution in [0.4, 0.5) is 0 Å². The Hall–Kier alpha value is -1.72. The third kappa shape index (κ3) is 4.42. The Balaban J connectivity index is 1.58. The molecule has 1 fully saturated rings. The van der Waals surface area contributed by atoms with Gasteiger partial charge in [0.1, 0.15) is 6.07 Å². The number of aromatic nitrogens is 2. The minimum Gasteiger partial charge on any atom is -0.379 e. The Bertz CT molecular complexity index is 657. The summed E-state index contributed by atoms with van der Waals surface area (Å²) in [7, 11) is 2.15. The summed E-state index contributed by atoms with van der Waals surface area (Å²) in [6.45, 7) is 6.28. The van der Waals surface area contributed by atoms with Crippen molar-refractivity contribution in [2.45, 2.75) is 12.6 Å². The molecule has 0 aliphatic carbocycles. The van der Waals surface area contributed by atoms with Crippen molar-refractivity contribution >= 4 is 11.3 Å². The molecule has 0 bridgehead atoms. The Morgan fingerprint density at radius 3 is 2.96 bits per heavy atom. The van der Waals surface area contributed by atoms with Gasteiger partial charge < -0.3 is 9.64 Å². The van der Waals surface area contributed by atoms with Crippen molar-refractivity contribution in [3.63, 3.8) is 0 Å². The molecule has 128 valence electrons. The molecule has 0 radical (unpaired) electrons. The largest absolute Gasteiger partial charge is 0.379 e. The number of nitrogens with zero attached hydrogens (tertiary/aromatic N) is 5. The molecule has 0 spiro atoms. The van der Waals surface area contributed by atoms with E-state index >= 15 is 0 Å². The van der Waals surface area contributed by atoms with E-state index in [1.54, 1.807) is 12.4 Å². The Kier molecular flexibility index (Phi) is 5.99. The van der Waals surface area contributed by atoms with E-state index in [-0.39, 0.29) is 0 Å². The van der Waals surface area contributed by atoms with Crippen LogP contribution in [0.1, 0.15) is 16.5 Å². The number of likely N-dealkylation sites (N-methyl/N-ethyl adjacent to an activating group) is 1. The van der Waals surface area contributed by atoms with E-state index < -0.39 is 0 Å². The summed E-state index contributed by atoms with van der Waals surface area (Å²) in [5.74, 6) is 0. The summed E-state index contributed by atoms with van der Waals surface area (Å²) in [6.07, 6.45) is 3.41. The van der Waals surface area contributed by atoms with Crippen LogP contribution in [0.15, 0.2) is 29.9 Å². The summed E-state index contributed by atoms with van der Waals surface area (Å²) < 4.78 is 7.34. The zero-order valence-electron chi connectivity index (χ0n) is 14.0. The van der Waals surface area contributed by atoms with Crippen LogP contribution in [-0.2, 0) is 11.3 Å². The number of nitriles is 1. The quantitative estimate of drug-likeness (QED) is 0.766. The molecule has 2 aromatic rings. The van der Waals surface area contributed by atoms with Gasteiger partial charge in [-0.1, -0.05) is 6.07 Å². The van der Waals surface area contributed by atoms with Gasteiger partial charge >= 0.3 is 0 Å². The SMILES string of the molecule is CN(CCn1cc(C#N)cn1)CC(c1cccs1)N1CCOCC1. The van der Waals surface area contributed by atoms with E-state index in [9.17, 15) is 0 Å². The molecule has 0 saturated carbocycles. The van der Waals surface area contributed by atoms with Crippen molar-refractivity contribution in [1.29, 1.82) is 5.26 Å². The molecule has 7 heteroatoms. The zero-order valence-corrected chi connectivity index (χ0v) is 14.8. The van der Waals surface area contributed by atoms with Crippen LogP contribution in [0.2, 0.25) is 0 Å². The normalized spacial score (nSPS) is 17.0. The number of morpholine rings is 1. The number of hydrogen-bond donors (Lipinski definition) is 0. The van der Waals surface area contributed by atoms with Crippen molar-refractivity contribution in [2.24, 2.45) is 0 Å².